The molecule has 0 rings (SSSR count). The highest BCUT2D eigenvalue weighted by atomic mass is 19.3. The topological polar surface area (TPSA) is 55.4 Å². The first-order valence-electron chi connectivity index (χ1n) is 4.69. The second-order valence-electron chi connectivity index (χ2n) is 3.64. The van der Waals surface area contributed by atoms with Crippen LogP contribution in [0.3, 0.4) is 0 Å². The lowest BCUT2D eigenvalue weighted by atomic mass is 10.0. The largest absolute Gasteiger partial charge is 0.467 e. The average molecular weight is 259 g/mol. The van der Waals surface area contributed by atoms with Crippen LogP contribution in [0.2, 0.25) is 0 Å². The van der Waals surface area contributed by atoms with Crippen molar-refractivity contribution in [3.63, 3.8) is 0 Å². The molecule has 0 aliphatic rings. The van der Waals surface area contributed by atoms with Crippen molar-refractivity contribution in [2.24, 2.45) is 5.92 Å². The van der Waals surface area contributed by atoms with E-state index >= 15 is 0 Å². The zero-order valence-electron chi connectivity index (χ0n) is 9.47. The van der Waals surface area contributed by atoms with Crippen LogP contribution in [0, 0.1) is 5.92 Å². The smallest absolute Gasteiger partial charge is 0.383 e. The maximum absolute atomic E-state index is 12.6. The number of ether oxygens (including phenoxy) is 1. The molecule has 0 aromatic carbocycles. The number of rotatable bonds is 5. The molecule has 0 radical (unpaired) electrons. The van der Waals surface area contributed by atoms with Gasteiger partial charge in [-0.3, -0.25) is 4.79 Å². The van der Waals surface area contributed by atoms with Gasteiger partial charge < -0.3 is 10.1 Å². The van der Waals surface area contributed by atoms with E-state index in [2.05, 4.69) is 4.74 Å². The van der Waals surface area contributed by atoms with Gasteiger partial charge in [-0.1, -0.05) is 13.8 Å². The summed E-state index contributed by atoms with van der Waals surface area (Å²) in [4.78, 5) is 22.0. The van der Waals surface area contributed by atoms with Crippen molar-refractivity contribution < 1.29 is 31.9 Å². The Hall–Kier alpha value is -1.34. The molecule has 1 N–H and O–H groups in total. The monoisotopic (exact) mass is 259 g/mol. The van der Waals surface area contributed by atoms with E-state index in [0.29, 0.717) is 0 Å². The zero-order chi connectivity index (χ0) is 13.8. The minimum absolute atomic E-state index is 0.570. The van der Waals surface area contributed by atoms with Gasteiger partial charge in [-0.25, -0.2) is 13.6 Å². The van der Waals surface area contributed by atoms with E-state index in [4.69, 9.17) is 0 Å². The predicted octanol–water partition coefficient (Wildman–Crippen LogP) is 1.20. The van der Waals surface area contributed by atoms with Crippen LogP contribution in [-0.2, 0) is 14.3 Å². The number of carbonyl (C=O) groups is 2. The van der Waals surface area contributed by atoms with E-state index in [0.717, 1.165) is 7.11 Å². The molecule has 0 heterocycles. The summed E-state index contributed by atoms with van der Waals surface area (Å²) >= 11 is 0. The van der Waals surface area contributed by atoms with Gasteiger partial charge in [-0.2, -0.15) is 8.78 Å². The number of alkyl halides is 4. The second kappa shape index (κ2) is 5.83. The van der Waals surface area contributed by atoms with E-state index < -0.39 is 36.2 Å². The van der Waals surface area contributed by atoms with Crippen LogP contribution in [0.5, 0.6) is 0 Å². The number of halogens is 4. The Morgan fingerprint density at radius 1 is 1.24 bits per heavy atom. The van der Waals surface area contributed by atoms with Gasteiger partial charge in [0.05, 0.1) is 7.11 Å². The third kappa shape index (κ3) is 3.86. The van der Waals surface area contributed by atoms with E-state index in [1.807, 2.05) is 0 Å². The molecular formula is C9H13F4NO3. The molecule has 0 bridgehead atoms. The molecule has 0 aliphatic carbocycles. The van der Waals surface area contributed by atoms with Crippen LogP contribution >= 0.6 is 0 Å². The minimum atomic E-state index is -4.83. The summed E-state index contributed by atoms with van der Waals surface area (Å²) in [6.45, 7) is 2.89. The average Bonchev–Trinajstić information content (AvgIpc) is 2.23. The fourth-order valence-corrected chi connectivity index (χ4v) is 0.961. The van der Waals surface area contributed by atoms with Gasteiger partial charge in [0.15, 0.2) is 0 Å². The summed E-state index contributed by atoms with van der Waals surface area (Å²) < 4.78 is 53.2. The van der Waals surface area contributed by atoms with Gasteiger partial charge in [-0.15, -0.1) is 0 Å². The summed E-state index contributed by atoms with van der Waals surface area (Å²) in [5, 5.41) is 1.55. The van der Waals surface area contributed by atoms with Crippen LogP contribution in [0.25, 0.3) is 0 Å². The number of nitrogens with one attached hydrogen (secondary N) is 1. The molecule has 0 saturated carbocycles. The Morgan fingerprint density at radius 3 is 2.00 bits per heavy atom. The first kappa shape index (κ1) is 15.7. The van der Waals surface area contributed by atoms with Crippen molar-refractivity contribution in [2.45, 2.75) is 32.2 Å². The third-order valence-corrected chi connectivity index (χ3v) is 1.99. The van der Waals surface area contributed by atoms with E-state index in [1.54, 1.807) is 5.32 Å². The molecule has 100 valence electrons. The third-order valence-electron chi connectivity index (χ3n) is 1.99. The fourth-order valence-electron chi connectivity index (χ4n) is 0.961. The molecule has 0 saturated heterocycles. The second-order valence-corrected chi connectivity index (χ2v) is 3.64. The maximum atomic E-state index is 12.6. The summed E-state index contributed by atoms with van der Waals surface area (Å²) in [5.74, 6) is -8.57. The van der Waals surface area contributed by atoms with Crippen molar-refractivity contribution in [3.05, 3.63) is 0 Å². The Balaban J connectivity index is 4.79. The van der Waals surface area contributed by atoms with Crippen LogP contribution < -0.4 is 5.32 Å². The lowest BCUT2D eigenvalue weighted by Gasteiger charge is -2.22. The first-order chi connectivity index (χ1) is 7.64. The molecule has 1 amide bonds. The number of carbonyl (C=O) groups excluding carboxylic acids is 2. The Morgan fingerprint density at radius 2 is 1.71 bits per heavy atom. The van der Waals surface area contributed by atoms with E-state index in [9.17, 15) is 27.2 Å². The predicted molar refractivity (Wildman–Crippen MR) is 49.7 cm³/mol. The van der Waals surface area contributed by atoms with Crippen LogP contribution in [0.15, 0.2) is 0 Å². The molecule has 0 unspecified atom stereocenters. The van der Waals surface area contributed by atoms with Crippen molar-refractivity contribution in [3.8, 4) is 0 Å². The quantitative estimate of drug-likeness (QED) is 0.596. The molecule has 0 fully saturated rings. The van der Waals surface area contributed by atoms with Gasteiger partial charge in [0, 0.05) is 0 Å². The molecular weight excluding hydrogens is 246 g/mol. The number of hydrogen-bond acceptors (Lipinski definition) is 3. The highest BCUT2D eigenvalue weighted by Crippen LogP contribution is 2.23. The van der Waals surface area contributed by atoms with Crippen LogP contribution in [0.1, 0.15) is 13.8 Å². The van der Waals surface area contributed by atoms with Gasteiger partial charge in [0.1, 0.15) is 6.04 Å². The Bertz CT molecular complexity index is 294. The van der Waals surface area contributed by atoms with Crippen LogP contribution in [-0.4, -0.2) is 37.4 Å². The van der Waals surface area contributed by atoms with E-state index in [1.165, 1.54) is 13.8 Å². The maximum Gasteiger partial charge on any atom is 0.383 e. The molecule has 0 aliphatic heterocycles. The lowest BCUT2D eigenvalue weighted by Crippen LogP contribution is -2.53. The first-order valence-corrected chi connectivity index (χ1v) is 4.69. The van der Waals surface area contributed by atoms with Gasteiger partial charge in [0.2, 0.25) is 0 Å². The summed E-state index contributed by atoms with van der Waals surface area (Å²) in [6, 6.07) is -1.39. The zero-order valence-corrected chi connectivity index (χ0v) is 9.47. The molecule has 0 spiro atoms. The molecule has 1 atom stereocenters. The number of methoxy groups -OCH3 is 1. The minimum Gasteiger partial charge on any atom is -0.467 e. The standard InChI is InChI=1S/C9H13F4NO3/c1-4(2)5(6(15)17-3)14-8(16)9(12,13)7(10)11/h4-5,7H,1-3H3,(H,14,16)/t5-/m0/s1. The normalized spacial score (nSPS) is 13.7. The van der Waals surface area contributed by atoms with Crippen molar-refractivity contribution in [1.82, 2.24) is 5.32 Å². The Kier molecular flexibility index (Phi) is 5.37. The van der Waals surface area contributed by atoms with Gasteiger partial charge >= 0.3 is 18.3 Å². The number of amides is 1. The van der Waals surface area contributed by atoms with Gasteiger partial charge in [-0.05, 0) is 5.92 Å². The molecule has 4 nitrogen and oxygen atoms in total. The van der Waals surface area contributed by atoms with E-state index in [-0.39, 0.29) is 0 Å². The molecule has 0 aromatic heterocycles. The lowest BCUT2D eigenvalue weighted by molar-refractivity contribution is -0.172. The summed E-state index contributed by atoms with van der Waals surface area (Å²) in [7, 11) is 0.995. The highest BCUT2D eigenvalue weighted by Gasteiger charge is 2.50. The summed E-state index contributed by atoms with van der Waals surface area (Å²) in [5.41, 5.74) is 0. The Labute approximate surface area is 95.3 Å². The van der Waals surface area contributed by atoms with Crippen LogP contribution in [0.4, 0.5) is 17.6 Å². The van der Waals surface area contributed by atoms with Crippen molar-refractivity contribution >= 4 is 11.9 Å². The SMILES string of the molecule is COC(=O)[C@@H](NC(=O)C(F)(F)C(F)F)C(C)C. The fraction of sp³-hybridized carbons (Fsp3) is 0.778. The van der Waals surface area contributed by atoms with Crippen molar-refractivity contribution in [2.75, 3.05) is 7.11 Å². The molecule has 0 aromatic rings. The highest BCUT2D eigenvalue weighted by molar-refractivity contribution is 5.89. The number of esters is 1. The van der Waals surface area contributed by atoms with Gasteiger partial charge in [0.25, 0.3) is 5.91 Å². The summed E-state index contributed by atoms with van der Waals surface area (Å²) in [6.07, 6.45) is -4.13. The van der Waals surface area contributed by atoms with Crippen molar-refractivity contribution in [1.29, 1.82) is 0 Å². The molecule has 8 heteroatoms. The number of hydrogen-bond donors (Lipinski definition) is 1. The molecule has 17 heavy (non-hydrogen) atoms.